The smallest absolute Gasteiger partial charge is 0.344 e. The first-order valence-electron chi connectivity index (χ1n) is 8.08. The number of carbonyl (C=O) groups is 1. The van der Waals surface area contributed by atoms with Crippen LogP contribution in [0.5, 0.6) is 0 Å². The van der Waals surface area contributed by atoms with Crippen LogP contribution in [0.2, 0.25) is 0 Å². The van der Waals surface area contributed by atoms with Gasteiger partial charge in [-0.05, 0) is 5.92 Å². The third-order valence-electron chi connectivity index (χ3n) is 3.81. The van der Waals surface area contributed by atoms with Gasteiger partial charge in [0.2, 0.25) is 0 Å². The van der Waals surface area contributed by atoms with Crippen molar-refractivity contribution in [2.45, 2.75) is 50.8 Å². The Morgan fingerprint density at radius 1 is 1.27 bits per heavy atom. The van der Waals surface area contributed by atoms with Crippen LogP contribution in [0.4, 0.5) is 4.79 Å². The molecule has 0 spiro atoms. The molecule has 4 N–H and O–H groups in total. The minimum absolute atomic E-state index is 0.0556. The fraction of sp³-hybridized carbons (Fsp3) is 0.929. The number of carbonyl (C=O) groups excluding carboxylic acids is 1. The minimum atomic E-state index is -1.76. The molecule has 0 saturated carbocycles. The number of alkyl halides is 1. The van der Waals surface area contributed by atoms with Crippen molar-refractivity contribution in [3.8, 4) is 0 Å². The maximum Gasteiger partial charge on any atom is 0.344 e. The van der Waals surface area contributed by atoms with Crippen molar-refractivity contribution in [1.82, 2.24) is 9.91 Å². The lowest BCUT2D eigenvalue weighted by atomic mass is 9.97. The SMILES string of the molecule is CC(C)CO[C@@H]1O[C@H](C(O)N(C)C(=O)N(CCCl)N=O)[C@@H](O)[C@H](O)[C@H]1O. The first-order chi connectivity index (χ1) is 12.1. The third kappa shape index (κ3) is 5.46. The zero-order valence-corrected chi connectivity index (χ0v) is 15.6. The molecule has 26 heavy (non-hydrogen) atoms. The standard InChI is InChI=1S/C14H26ClN3O8/c1-7(2)6-25-13-10(21)8(19)9(20)11(26-13)12(22)17(3)14(23)18(16-24)5-4-15/h7-13,19-22H,4-6H2,1-3H3/t8-,9-,10+,11-,12?,13+/m0/s1. The van der Waals surface area contributed by atoms with Crippen molar-refractivity contribution in [2.24, 2.45) is 11.2 Å². The van der Waals surface area contributed by atoms with Gasteiger partial charge in [-0.3, -0.25) is 4.90 Å². The third-order valence-corrected chi connectivity index (χ3v) is 3.98. The molecule has 0 aromatic rings. The second kappa shape index (κ2) is 10.3. The number of urea groups is 1. The van der Waals surface area contributed by atoms with Crippen molar-refractivity contribution < 1.29 is 34.7 Å². The first-order valence-corrected chi connectivity index (χ1v) is 8.62. The lowest BCUT2D eigenvalue weighted by Gasteiger charge is -2.43. The Bertz CT molecular complexity index is 471. The lowest BCUT2D eigenvalue weighted by molar-refractivity contribution is -0.319. The number of hydrogen-bond donors (Lipinski definition) is 4. The van der Waals surface area contributed by atoms with Crippen LogP contribution in [-0.4, -0.2) is 99.4 Å². The summed E-state index contributed by atoms with van der Waals surface area (Å²) in [5, 5.41) is 43.4. The van der Waals surface area contributed by atoms with Gasteiger partial charge in [0.15, 0.2) is 12.5 Å². The predicted molar refractivity (Wildman–Crippen MR) is 89.9 cm³/mol. The number of hydrogen-bond acceptors (Lipinski definition) is 9. The van der Waals surface area contributed by atoms with Crippen LogP contribution in [0.1, 0.15) is 13.8 Å². The van der Waals surface area contributed by atoms with E-state index in [2.05, 4.69) is 5.29 Å². The molecular formula is C14H26ClN3O8. The number of likely N-dealkylation sites (N-methyl/N-ethyl adjacent to an activating group) is 1. The average Bonchev–Trinajstić information content (AvgIpc) is 2.61. The van der Waals surface area contributed by atoms with E-state index in [-0.39, 0.29) is 24.9 Å². The van der Waals surface area contributed by atoms with Gasteiger partial charge in [-0.2, -0.15) is 5.01 Å². The van der Waals surface area contributed by atoms with E-state index in [4.69, 9.17) is 21.1 Å². The molecule has 0 radical (unpaired) electrons. The molecule has 0 aromatic carbocycles. The Balaban J connectivity index is 2.88. The van der Waals surface area contributed by atoms with E-state index in [1.165, 1.54) is 0 Å². The van der Waals surface area contributed by atoms with Crippen LogP contribution >= 0.6 is 11.6 Å². The van der Waals surface area contributed by atoms with Crippen molar-refractivity contribution in [3.63, 3.8) is 0 Å². The monoisotopic (exact) mass is 399 g/mol. The molecule has 1 heterocycles. The molecule has 12 heteroatoms. The van der Waals surface area contributed by atoms with Gasteiger partial charge in [0.25, 0.3) is 0 Å². The molecule has 1 saturated heterocycles. The molecule has 1 unspecified atom stereocenters. The molecule has 0 aromatic heterocycles. The van der Waals surface area contributed by atoms with Crippen LogP contribution in [0, 0.1) is 10.8 Å². The summed E-state index contributed by atoms with van der Waals surface area (Å²) < 4.78 is 10.7. The Kier molecular flexibility index (Phi) is 9.10. The van der Waals surface area contributed by atoms with Crippen LogP contribution in [0.3, 0.4) is 0 Å². The summed E-state index contributed by atoms with van der Waals surface area (Å²) in [6.45, 7) is 3.73. The van der Waals surface area contributed by atoms with E-state index in [1.54, 1.807) is 0 Å². The fourth-order valence-electron chi connectivity index (χ4n) is 2.31. The maximum atomic E-state index is 12.2. The molecule has 0 bridgehead atoms. The number of ether oxygens (including phenoxy) is 2. The fourth-order valence-corrected chi connectivity index (χ4v) is 2.47. The van der Waals surface area contributed by atoms with Gasteiger partial charge >= 0.3 is 6.03 Å². The zero-order chi connectivity index (χ0) is 20.0. The Morgan fingerprint density at radius 3 is 2.38 bits per heavy atom. The highest BCUT2D eigenvalue weighted by atomic mass is 35.5. The molecule has 1 aliphatic heterocycles. The summed E-state index contributed by atoms with van der Waals surface area (Å²) in [6, 6.07) is -0.982. The molecular weight excluding hydrogens is 374 g/mol. The Hall–Kier alpha value is -1.08. The Labute approximate surface area is 156 Å². The maximum absolute atomic E-state index is 12.2. The predicted octanol–water partition coefficient (Wildman–Crippen LogP) is -0.941. The zero-order valence-electron chi connectivity index (χ0n) is 14.8. The molecule has 1 fully saturated rings. The average molecular weight is 400 g/mol. The quantitative estimate of drug-likeness (QED) is 0.176. The minimum Gasteiger partial charge on any atom is -0.387 e. The van der Waals surface area contributed by atoms with E-state index in [9.17, 15) is 30.1 Å². The summed E-state index contributed by atoms with van der Waals surface area (Å²) in [5.41, 5.74) is 0. The van der Waals surface area contributed by atoms with Gasteiger partial charge in [-0.15, -0.1) is 16.5 Å². The van der Waals surface area contributed by atoms with Crippen LogP contribution in [0.15, 0.2) is 5.29 Å². The molecule has 0 aliphatic carbocycles. The van der Waals surface area contributed by atoms with Gasteiger partial charge in [0.05, 0.1) is 18.4 Å². The number of aliphatic hydroxyl groups excluding tert-OH is 4. The summed E-state index contributed by atoms with van der Waals surface area (Å²) in [4.78, 5) is 23.6. The number of rotatable bonds is 8. The Morgan fingerprint density at radius 2 is 1.88 bits per heavy atom. The number of amides is 2. The van der Waals surface area contributed by atoms with Gasteiger partial charge in [0, 0.05) is 12.9 Å². The van der Waals surface area contributed by atoms with Crippen molar-refractivity contribution >= 4 is 17.6 Å². The van der Waals surface area contributed by atoms with Crippen LogP contribution in [0.25, 0.3) is 0 Å². The molecule has 11 nitrogen and oxygen atoms in total. The number of nitrogens with zero attached hydrogens (tertiary/aromatic N) is 3. The van der Waals surface area contributed by atoms with Crippen molar-refractivity contribution in [1.29, 1.82) is 0 Å². The van der Waals surface area contributed by atoms with Gasteiger partial charge in [-0.25, -0.2) is 4.79 Å². The van der Waals surface area contributed by atoms with Crippen LogP contribution in [-0.2, 0) is 9.47 Å². The second-order valence-electron chi connectivity index (χ2n) is 6.37. The van der Waals surface area contributed by atoms with Gasteiger partial charge in [0.1, 0.15) is 24.4 Å². The van der Waals surface area contributed by atoms with E-state index in [0.717, 1.165) is 7.05 Å². The summed E-state index contributed by atoms with van der Waals surface area (Å²) in [6.07, 6.45) is -9.50. The van der Waals surface area contributed by atoms with Gasteiger partial charge in [-0.1, -0.05) is 13.8 Å². The highest BCUT2D eigenvalue weighted by Gasteiger charge is 2.48. The number of halogens is 1. The second-order valence-corrected chi connectivity index (χ2v) is 6.75. The van der Waals surface area contributed by atoms with Gasteiger partial charge < -0.3 is 29.9 Å². The highest BCUT2D eigenvalue weighted by Crippen LogP contribution is 2.26. The van der Waals surface area contributed by atoms with Crippen molar-refractivity contribution in [2.75, 3.05) is 26.1 Å². The van der Waals surface area contributed by atoms with E-state index in [0.29, 0.717) is 9.91 Å². The molecule has 1 rings (SSSR count). The highest BCUT2D eigenvalue weighted by molar-refractivity contribution is 6.18. The lowest BCUT2D eigenvalue weighted by Crippen LogP contribution is -2.64. The normalized spacial score (nSPS) is 30.1. The number of nitroso groups, excluding NO2 is 1. The molecule has 6 atom stereocenters. The summed E-state index contributed by atoms with van der Waals surface area (Å²) in [5.74, 6) is 0.0465. The first kappa shape index (κ1) is 23.0. The summed E-state index contributed by atoms with van der Waals surface area (Å²) >= 11 is 5.47. The van der Waals surface area contributed by atoms with E-state index in [1.807, 2.05) is 13.8 Å². The number of aliphatic hydroxyl groups is 4. The molecule has 1 aliphatic rings. The topological polar surface area (TPSA) is 152 Å². The molecule has 152 valence electrons. The van der Waals surface area contributed by atoms with Crippen LogP contribution < -0.4 is 0 Å². The summed E-state index contributed by atoms with van der Waals surface area (Å²) in [7, 11) is 1.15. The largest absolute Gasteiger partial charge is 0.387 e. The van der Waals surface area contributed by atoms with E-state index >= 15 is 0 Å². The molecule has 2 amide bonds. The van der Waals surface area contributed by atoms with Crippen molar-refractivity contribution in [3.05, 3.63) is 4.91 Å². The van der Waals surface area contributed by atoms with E-state index < -0.39 is 43.0 Å².